The summed E-state index contributed by atoms with van der Waals surface area (Å²) in [5, 5.41) is 3.19. The van der Waals surface area contributed by atoms with E-state index in [1.807, 2.05) is 0 Å². The molecule has 0 bridgehead atoms. The van der Waals surface area contributed by atoms with Crippen molar-refractivity contribution in [2.24, 2.45) is 0 Å². The predicted molar refractivity (Wildman–Crippen MR) is 37.8 cm³/mol. The summed E-state index contributed by atoms with van der Waals surface area (Å²) in [6.07, 6.45) is 0.634. The van der Waals surface area contributed by atoms with E-state index < -0.39 is 6.17 Å². The molecule has 0 unspecified atom stereocenters. The number of piperidine rings is 1. The maximum Gasteiger partial charge on any atom is 0.103 e. The Bertz CT molecular complexity index is 97.6. The maximum atomic E-state index is 12.7. The van der Waals surface area contributed by atoms with Crippen molar-refractivity contribution in [3.8, 4) is 0 Å². The van der Waals surface area contributed by atoms with Crippen molar-refractivity contribution in [1.29, 1.82) is 0 Å². The Morgan fingerprint density at radius 2 is 2.50 bits per heavy atom. The van der Waals surface area contributed by atoms with Crippen molar-refractivity contribution in [3.05, 3.63) is 0 Å². The van der Waals surface area contributed by atoms with E-state index in [-0.39, 0.29) is 6.04 Å². The average Bonchev–Trinajstić information content (AvgIpc) is 1.88. The first-order chi connectivity index (χ1) is 4.83. The van der Waals surface area contributed by atoms with Crippen LogP contribution >= 0.6 is 0 Å². The van der Waals surface area contributed by atoms with E-state index in [1.54, 1.807) is 7.11 Å². The predicted octanol–water partition coefficient (Wildman–Crippen LogP) is 0.723. The molecule has 0 aromatic carbocycles. The molecule has 1 aliphatic heterocycles. The summed E-state index contributed by atoms with van der Waals surface area (Å²) in [5.41, 5.74) is 0. The molecule has 10 heavy (non-hydrogen) atoms. The number of ether oxygens (including phenoxy) is 1. The van der Waals surface area contributed by atoms with Crippen LogP contribution in [0.15, 0.2) is 0 Å². The fraction of sp³-hybridized carbons (Fsp3) is 1.00. The first-order valence-corrected chi connectivity index (χ1v) is 3.69. The highest BCUT2D eigenvalue weighted by Crippen LogP contribution is 2.11. The van der Waals surface area contributed by atoms with Crippen LogP contribution in [0.1, 0.15) is 12.8 Å². The molecule has 0 saturated carbocycles. The third kappa shape index (κ3) is 2.23. The van der Waals surface area contributed by atoms with Crippen LogP contribution in [0.2, 0.25) is 0 Å². The summed E-state index contributed by atoms with van der Waals surface area (Å²) in [5.74, 6) is 0. The first-order valence-electron chi connectivity index (χ1n) is 3.69. The van der Waals surface area contributed by atoms with Gasteiger partial charge in [0.15, 0.2) is 0 Å². The van der Waals surface area contributed by atoms with Gasteiger partial charge in [-0.2, -0.15) is 0 Å². The maximum absolute atomic E-state index is 12.7. The third-order valence-corrected chi connectivity index (χ3v) is 1.80. The van der Waals surface area contributed by atoms with Gasteiger partial charge >= 0.3 is 0 Å². The van der Waals surface area contributed by atoms with Gasteiger partial charge < -0.3 is 10.1 Å². The SMILES string of the molecule is COC[C@@H]1C[C@H](F)CCN1. The van der Waals surface area contributed by atoms with E-state index in [1.165, 1.54) is 0 Å². The summed E-state index contributed by atoms with van der Waals surface area (Å²) in [6, 6.07) is 0.230. The zero-order valence-corrected chi connectivity index (χ0v) is 6.27. The van der Waals surface area contributed by atoms with Crippen LogP contribution in [0.5, 0.6) is 0 Å². The van der Waals surface area contributed by atoms with E-state index in [0.717, 1.165) is 6.54 Å². The summed E-state index contributed by atoms with van der Waals surface area (Å²) in [4.78, 5) is 0. The van der Waals surface area contributed by atoms with Gasteiger partial charge in [0.2, 0.25) is 0 Å². The summed E-state index contributed by atoms with van der Waals surface area (Å²) in [7, 11) is 1.64. The van der Waals surface area contributed by atoms with Gasteiger partial charge in [-0.3, -0.25) is 0 Å². The Morgan fingerprint density at radius 3 is 3.10 bits per heavy atom. The molecule has 0 spiro atoms. The highest BCUT2D eigenvalue weighted by atomic mass is 19.1. The molecular weight excluding hydrogens is 133 g/mol. The van der Waals surface area contributed by atoms with E-state index in [9.17, 15) is 4.39 Å². The van der Waals surface area contributed by atoms with Crippen LogP contribution in [-0.4, -0.2) is 32.5 Å². The van der Waals surface area contributed by atoms with Crippen molar-refractivity contribution < 1.29 is 9.13 Å². The lowest BCUT2D eigenvalue weighted by molar-refractivity contribution is 0.126. The molecule has 1 heterocycles. The monoisotopic (exact) mass is 147 g/mol. The molecule has 0 radical (unpaired) electrons. The minimum atomic E-state index is -0.624. The van der Waals surface area contributed by atoms with Crippen LogP contribution in [0, 0.1) is 0 Å². The average molecular weight is 147 g/mol. The van der Waals surface area contributed by atoms with Crippen molar-refractivity contribution >= 4 is 0 Å². The topological polar surface area (TPSA) is 21.3 Å². The molecule has 3 heteroatoms. The largest absolute Gasteiger partial charge is 0.383 e. The molecule has 2 atom stereocenters. The van der Waals surface area contributed by atoms with Gasteiger partial charge in [-0.25, -0.2) is 4.39 Å². The van der Waals surface area contributed by atoms with Crippen molar-refractivity contribution in [2.75, 3.05) is 20.3 Å². The summed E-state index contributed by atoms with van der Waals surface area (Å²) >= 11 is 0. The van der Waals surface area contributed by atoms with Gasteiger partial charge in [0.05, 0.1) is 6.61 Å². The minimum Gasteiger partial charge on any atom is -0.383 e. The van der Waals surface area contributed by atoms with Crippen molar-refractivity contribution in [3.63, 3.8) is 0 Å². The lowest BCUT2D eigenvalue weighted by atomic mass is 10.0. The van der Waals surface area contributed by atoms with Crippen LogP contribution in [0.3, 0.4) is 0 Å². The van der Waals surface area contributed by atoms with Gasteiger partial charge in [0.1, 0.15) is 6.17 Å². The molecule has 0 aromatic rings. The second kappa shape index (κ2) is 3.88. The molecule has 0 amide bonds. The Kier molecular flexibility index (Phi) is 3.09. The molecule has 0 aromatic heterocycles. The van der Waals surface area contributed by atoms with Gasteiger partial charge in [-0.1, -0.05) is 0 Å². The van der Waals surface area contributed by atoms with Crippen molar-refractivity contribution in [2.45, 2.75) is 25.1 Å². The number of methoxy groups -OCH3 is 1. The quantitative estimate of drug-likeness (QED) is 0.621. The fourth-order valence-electron chi connectivity index (χ4n) is 1.28. The van der Waals surface area contributed by atoms with Crippen LogP contribution in [-0.2, 0) is 4.74 Å². The molecule has 60 valence electrons. The second-order valence-electron chi connectivity index (χ2n) is 2.73. The van der Waals surface area contributed by atoms with E-state index in [0.29, 0.717) is 19.4 Å². The smallest absolute Gasteiger partial charge is 0.103 e. The lowest BCUT2D eigenvalue weighted by Crippen LogP contribution is -2.41. The van der Waals surface area contributed by atoms with Crippen LogP contribution in [0.4, 0.5) is 4.39 Å². The lowest BCUT2D eigenvalue weighted by Gasteiger charge is -2.25. The van der Waals surface area contributed by atoms with E-state index in [2.05, 4.69) is 5.32 Å². The van der Waals surface area contributed by atoms with E-state index >= 15 is 0 Å². The number of nitrogens with one attached hydrogen (secondary N) is 1. The highest BCUT2D eigenvalue weighted by Gasteiger charge is 2.19. The van der Waals surface area contributed by atoms with E-state index in [4.69, 9.17) is 4.74 Å². The molecule has 1 N–H and O–H groups in total. The van der Waals surface area contributed by atoms with Crippen molar-refractivity contribution in [1.82, 2.24) is 5.32 Å². The van der Waals surface area contributed by atoms with Crippen LogP contribution in [0.25, 0.3) is 0 Å². The zero-order chi connectivity index (χ0) is 7.40. The highest BCUT2D eigenvalue weighted by molar-refractivity contribution is 4.77. The molecular formula is C7H14FNO. The standard InChI is InChI=1S/C7H14FNO/c1-10-5-7-4-6(8)2-3-9-7/h6-7,9H,2-5H2,1H3/t6-,7+/m1/s1. The Hall–Kier alpha value is -0.150. The minimum absolute atomic E-state index is 0.230. The fourth-order valence-corrected chi connectivity index (χ4v) is 1.28. The Morgan fingerprint density at radius 1 is 1.70 bits per heavy atom. The number of hydrogen-bond acceptors (Lipinski definition) is 2. The summed E-state index contributed by atoms with van der Waals surface area (Å²) in [6.45, 7) is 1.41. The van der Waals surface area contributed by atoms with Gasteiger partial charge in [-0.15, -0.1) is 0 Å². The van der Waals surface area contributed by atoms with Gasteiger partial charge in [0, 0.05) is 13.2 Å². The number of alkyl halides is 1. The molecule has 1 fully saturated rings. The molecule has 1 saturated heterocycles. The summed E-state index contributed by atoms with van der Waals surface area (Å²) < 4.78 is 17.6. The molecule has 2 nitrogen and oxygen atoms in total. The molecule has 1 aliphatic rings. The number of hydrogen-bond donors (Lipinski definition) is 1. The first kappa shape index (κ1) is 7.95. The Balaban J connectivity index is 2.18. The molecule has 0 aliphatic carbocycles. The van der Waals surface area contributed by atoms with Crippen LogP contribution < -0.4 is 5.32 Å². The van der Waals surface area contributed by atoms with Gasteiger partial charge in [0.25, 0.3) is 0 Å². The van der Waals surface area contributed by atoms with Gasteiger partial charge in [-0.05, 0) is 19.4 Å². The normalized spacial score (nSPS) is 34.2. The second-order valence-corrected chi connectivity index (χ2v) is 2.73. The number of rotatable bonds is 2. The third-order valence-electron chi connectivity index (χ3n) is 1.80. The number of halogens is 1. The zero-order valence-electron chi connectivity index (χ0n) is 6.27. The Labute approximate surface area is 60.8 Å². The molecule has 1 rings (SSSR count).